The summed E-state index contributed by atoms with van der Waals surface area (Å²) in [5, 5.41) is 15.4. The molecule has 1 unspecified atom stereocenters. The highest BCUT2D eigenvalue weighted by Crippen LogP contribution is 2.59. The van der Waals surface area contributed by atoms with E-state index in [1.165, 1.54) is 0 Å². The van der Waals surface area contributed by atoms with Gasteiger partial charge in [0.05, 0.1) is 26.5 Å². The van der Waals surface area contributed by atoms with Crippen LogP contribution in [0.4, 0.5) is 0 Å². The van der Waals surface area contributed by atoms with Gasteiger partial charge in [-0.25, -0.2) is 0 Å². The van der Waals surface area contributed by atoms with Crippen molar-refractivity contribution < 1.29 is 14.3 Å². The van der Waals surface area contributed by atoms with E-state index in [0.717, 1.165) is 38.0 Å². The predicted molar refractivity (Wildman–Crippen MR) is 101 cm³/mol. The Morgan fingerprint density at radius 2 is 1.93 bits per heavy atom. The van der Waals surface area contributed by atoms with Crippen molar-refractivity contribution in [3.63, 3.8) is 0 Å². The Morgan fingerprint density at radius 1 is 1.25 bits per heavy atom. The van der Waals surface area contributed by atoms with Crippen molar-refractivity contribution in [2.45, 2.75) is 25.8 Å². The summed E-state index contributed by atoms with van der Waals surface area (Å²) in [6.45, 7) is 2.35. The average molecular weight is 386 g/mol. The largest absolute Gasteiger partial charge is 0.497 e. The maximum Gasteiger partial charge on any atom is 0.226 e. The minimum Gasteiger partial charge on any atom is -0.497 e. The van der Waals surface area contributed by atoms with Gasteiger partial charge < -0.3 is 19.7 Å². The lowest BCUT2D eigenvalue weighted by Gasteiger charge is -2.25. The molecule has 1 N–H and O–H groups in total. The van der Waals surface area contributed by atoms with Gasteiger partial charge in [0.1, 0.15) is 11.5 Å². The Morgan fingerprint density at radius 3 is 2.57 bits per heavy atom. The molecular formula is C19H26N6O3. The van der Waals surface area contributed by atoms with Gasteiger partial charge in [-0.15, -0.1) is 5.10 Å². The number of carbonyl (C=O) groups excluding carboxylic acids is 1. The summed E-state index contributed by atoms with van der Waals surface area (Å²) < 4.78 is 12.3. The van der Waals surface area contributed by atoms with E-state index in [-0.39, 0.29) is 17.2 Å². The minimum absolute atomic E-state index is 0.126. The summed E-state index contributed by atoms with van der Waals surface area (Å²) in [6.07, 6.45) is 3.16. The van der Waals surface area contributed by atoms with Crippen molar-refractivity contribution in [2.24, 2.45) is 11.3 Å². The Labute approximate surface area is 164 Å². The number of nitrogens with one attached hydrogen (secondary N) is 1. The van der Waals surface area contributed by atoms with E-state index in [1.54, 1.807) is 29.9 Å². The van der Waals surface area contributed by atoms with Crippen LogP contribution in [0.3, 0.4) is 0 Å². The fraction of sp³-hybridized carbons (Fsp3) is 0.579. The zero-order valence-corrected chi connectivity index (χ0v) is 16.5. The zero-order chi connectivity index (χ0) is 19.7. The number of rotatable bonds is 6. The number of piperidine rings is 1. The molecule has 0 bridgehead atoms. The van der Waals surface area contributed by atoms with Crippen LogP contribution in [0.1, 0.15) is 25.1 Å². The first-order valence-electron chi connectivity index (χ1n) is 9.53. The van der Waals surface area contributed by atoms with Crippen molar-refractivity contribution >= 4 is 5.91 Å². The van der Waals surface area contributed by atoms with Gasteiger partial charge in [-0.3, -0.25) is 4.79 Å². The van der Waals surface area contributed by atoms with Gasteiger partial charge >= 0.3 is 0 Å². The standard InChI is InChI=1S/C19H26N6O3/c1-24(18(26)16-11-19(16)4-6-20-7-5-19)12-17-21-22-23-25(17)13-8-14(27-2)10-15(9-13)28-3/h8-10,16,20H,4-7,11-12H2,1-3H3. The predicted octanol–water partition coefficient (Wildman–Crippen LogP) is 1.03. The number of methoxy groups -OCH3 is 2. The Bertz CT molecular complexity index is 839. The lowest BCUT2D eigenvalue weighted by molar-refractivity contribution is -0.133. The van der Waals surface area contributed by atoms with E-state index < -0.39 is 0 Å². The van der Waals surface area contributed by atoms with Gasteiger partial charge in [0.2, 0.25) is 5.91 Å². The number of hydrogen-bond donors (Lipinski definition) is 1. The first-order chi connectivity index (χ1) is 13.6. The lowest BCUT2D eigenvalue weighted by atomic mass is 9.91. The van der Waals surface area contributed by atoms with Crippen LogP contribution in [0, 0.1) is 11.3 Å². The van der Waals surface area contributed by atoms with E-state index in [9.17, 15) is 4.79 Å². The van der Waals surface area contributed by atoms with Crippen LogP contribution in [-0.4, -0.2) is 65.4 Å². The number of hydrogen-bond acceptors (Lipinski definition) is 7. The Balaban J connectivity index is 1.50. The third kappa shape index (κ3) is 3.42. The van der Waals surface area contributed by atoms with E-state index in [4.69, 9.17) is 9.47 Å². The molecule has 2 aliphatic rings. The second kappa shape index (κ2) is 7.38. The maximum absolute atomic E-state index is 12.9. The molecule has 2 heterocycles. The summed E-state index contributed by atoms with van der Waals surface area (Å²) in [5.41, 5.74) is 0.932. The highest BCUT2D eigenvalue weighted by atomic mass is 16.5. The highest BCUT2D eigenvalue weighted by molar-refractivity contribution is 5.82. The highest BCUT2D eigenvalue weighted by Gasteiger charge is 2.58. The summed E-state index contributed by atoms with van der Waals surface area (Å²) in [7, 11) is 5.01. The van der Waals surface area contributed by atoms with Crippen molar-refractivity contribution in [3.8, 4) is 17.2 Å². The first-order valence-corrected chi connectivity index (χ1v) is 9.53. The fourth-order valence-electron chi connectivity index (χ4n) is 4.15. The summed E-state index contributed by atoms with van der Waals surface area (Å²) in [6, 6.07) is 5.44. The van der Waals surface area contributed by atoms with Gasteiger partial charge in [0, 0.05) is 31.2 Å². The molecule has 4 rings (SSSR count). The van der Waals surface area contributed by atoms with Crippen LogP contribution >= 0.6 is 0 Å². The van der Waals surface area contributed by atoms with E-state index in [0.29, 0.717) is 23.9 Å². The number of nitrogens with zero attached hydrogens (tertiary/aromatic N) is 5. The molecule has 0 radical (unpaired) electrons. The molecule has 9 nitrogen and oxygen atoms in total. The molecule has 150 valence electrons. The SMILES string of the molecule is COc1cc(OC)cc(-n2nnnc2CN(C)C(=O)C2CC23CCNCC3)c1. The topological polar surface area (TPSA) is 94.4 Å². The van der Waals surface area contributed by atoms with Crippen molar-refractivity contribution in [1.29, 1.82) is 0 Å². The van der Waals surface area contributed by atoms with Gasteiger partial charge in [0.25, 0.3) is 0 Å². The van der Waals surface area contributed by atoms with Gasteiger partial charge in [0.15, 0.2) is 5.82 Å². The molecule has 1 aromatic carbocycles. The summed E-state index contributed by atoms with van der Waals surface area (Å²) in [5.74, 6) is 2.18. The molecule has 28 heavy (non-hydrogen) atoms. The second-order valence-corrected chi connectivity index (χ2v) is 7.64. The van der Waals surface area contributed by atoms with Gasteiger partial charge in [-0.1, -0.05) is 0 Å². The third-order valence-electron chi connectivity index (χ3n) is 5.96. The molecule has 1 amide bonds. The van der Waals surface area contributed by atoms with E-state index >= 15 is 0 Å². The van der Waals surface area contributed by atoms with Gasteiger partial charge in [-0.05, 0) is 48.2 Å². The number of carbonyl (C=O) groups is 1. The number of tetrazole rings is 1. The Kier molecular flexibility index (Phi) is 4.92. The molecule has 1 saturated heterocycles. The quantitative estimate of drug-likeness (QED) is 0.792. The molecule has 9 heteroatoms. The van der Waals surface area contributed by atoms with E-state index in [2.05, 4.69) is 20.8 Å². The molecule has 2 fully saturated rings. The van der Waals surface area contributed by atoms with Crippen LogP contribution < -0.4 is 14.8 Å². The Hall–Kier alpha value is -2.68. The number of benzene rings is 1. The lowest BCUT2D eigenvalue weighted by Crippen LogP contribution is -2.34. The minimum atomic E-state index is 0.126. The number of amides is 1. The second-order valence-electron chi connectivity index (χ2n) is 7.64. The molecule has 1 atom stereocenters. The molecular weight excluding hydrogens is 360 g/mol. The van der Waals surface area contributed by atoms with Crippen LogP contribution in [0.5, 0.6) is 11.5 Å². The summed E-state index contributed by atoms with van der Waals surface area (Å²) >= 11 is 0. The molecule has 1 aliphatic carbocycles. The van der Waals surface area contributed by atoms with Crippen molar-refractivity contribution in [2.75, 3.05) is 34.4 Å². The normalized spacial score (nSPS) is 20.0. The molecule has 1 saturated carbocycles. The van der Waals surface area contributed by atoms with Crippen LogP contribution in [-0.2, 0) is 11.3 Å². The molecule has 1 aliphatic heterocycles. The van der Waals surface area contributed by atoms with Crippen molar-refractivity contribution in [1.82, 2.24) is 30.4 Å². The molecule has 1 aromatic heterocycles. The van der Waals surface area contributed by atoms with E-state index in [1.807, 2.05) is 19.2 Å². The van der Waals surface area contributed by atoms with Crippen molar-refractivity contribution in [3.05, 3.63) is 24.0 Å². The average Bonchev–Trinajstić information content (AvgIpc) is 3.20. The van der Waals surface area contributed by atoms with Crippen LogP contribution in [0.25, 0.3) is 5.69 Å². The molecule has 1 spiro atoms. The zero-order valence-electron chi connectivity index (χ0n) is 16.5. The summed E-state index contributed by atoms with van der Waals surface area (Å²) in [4.78, 5) is 14.7. The van der Waals surface area contributed by atoms with Gasteiger partial charge in [-0.2, -0.15) is 4.68 Å². The van der Waals surface area contributed by atoms with Crippen LogP contribution in [0.2, 0.25) is 0 Å². The molecule has 2 aromatic rings. The first kappa shape index (κ1) is 18.7. The fourth-order valence-corrected chi connectivity index (χ4v) is 4.15. The number of ether oxygens (including phenoxy) is 2. The monoisotopic (exact) mass is 386 g/mol. The smallest absolute Gasteiger partial charge is 0.226 e. The number of aromatic nitrogens is 4. The maximum atomic E-state index is 12.9. The van der Waals surface area contributed by atoms with Crippen LogP contribution in [0.15, 0.2) is 18.2 Å². The third-order valence-corrected chi connectivity index (χ3v) is 5.96.